The number of aliphatic hydroxyl groups is 4. The molecule has 1 fully saturated rings. The van der Waals surface area contributed by atoms with Crippen LogP contribution in [0.2, 0.25) is 0 Å². The summed E-state index contributed by atoms with van der Waals surface area (Å²) in [5.41, 5.74) is 0. The number of rotatable bonds is 25. The molecule has 0 aliphatic carbocycles. The Hall–Kier alpha value is -1.07. The van der Waals surface area contributed by atoms with Gasteiger partial charge < -0.3 is 39.4 Å². The van der Waals surface area contributed by atoms with E-state index in [4.69, 9.17) is 18.9 Å². The summed E-state index contributed by atoms with van der Waals surface area (Å²) in [4.78, 5) is 11.8. The molecule has 1 rings (SSSR count). The number of allylic oxidation sites excluding steroid dienone is 2. The first kappa shape index (κ1) is 37.0. The van der Waals surface area contributed by atoms with E-state index in [0.717, 1.165) is 12.8 Å². The summed E-state index contributed by atoms with van der Waals surface area (Å²) >= 11 is 0. The molecule has 1 heterocycles. The predicted molar refractivity (Wildman–Crippen MR) is 155 cm³/mol. The van der Waals surface area contributed by atoms with Gasteiger partial charge in [0, 0.05) is 13.0 Å². The van der Waals surface area contributed by atoms with Gasteiger partial charge in [-0.1, -0.05) is 90.2 Å². The second-order valence-electron chi connectivity index (χ2n) is 10.9. The van der Waals surface area contributed by atoms with Crippen LogP contribution in [-0.4, -0.2) is 89.6 Å². The maximum atomic E-state index is 11.8. The lowest BCUT2D eigenvalue weighted by molar-refractivity contribution is -0.305. The maximum absolute atomic E-state index is 11.8. The molecule has 9 heteroatoms. The fourth-order valence-electron chi connectivity index (χ4n) is 4.64. The Balaban J connectivity index is 2.10. The van der Waals surface area contributed by atoms with Crippen molar-refractivity contribution in [3.63, 3.8) is 0 Å². The average molecular weight is 575 g/mol. The van der Waals surface area contributed by atoms with Crippen LogP contribution in [0.5, 0.6) is 0 Å². The molecule has 236 valence electrons. The smallest absolute Gasteiger partial charge is 0.305 e. The summed E-state index contributed by atoms with van der Waals surface area (Å²) in [6.45, 7) is 3.96. The second kappa shape index (κ2) is 24.5. The molecule has 1 aliphatic rings. The summed E-state index contributed by atoms with van der Waals surface area (Å²) in [6.07, 6.45) is 16.1. The Kier molecular flexibility index (Phi) is 22.7. The molecule has 4 N–H and O–H groups in total. The topological polar surface area (TPSA) is 135 Å². The van der Waals surface area contributed by atoms with Crippen molar-refractivity contribution >= 4 is 5.97 Å². The molecule has 0 radical (unpaired) electrons. The Bertz CT molecular complexity index is 628. The molecule has 6 unspecified atom stereocenters. The first-order chi connectivity index (χ1) is 19.4. The van der Waals surface area contributed by atoms with Gasteiger partial charge in [0.05, 0.1) is 19.8 Å². The van der Waals surface area contributed by atoms with Gasteiger partial charge in [0.1, 0.15) is 30.5 Å². The fraction of sp³-hybridized carbons (Fsp3) is 0.903. The number of hydrogen-bond donors (Lipinski definition) is 4. The highest BCUT2D eigenvalue weighted by Crippen LogP contribution is 2.22. The largest absolute Gasteiger partial charge is 0.457 e. The summed E-state index contributed by atoms with van der Waals surface area (Å²) in [5, 5.41) is 39.2. The van der Waals surface area contributed by atoms with Crippen LogP contribution >= 0.6 is 0 Å². The van der Waals surface area contributed by atoms with Crippen molar-refractivity contribution < 1.29 is 44.2 Å². The number of aliphatic hydroxyl groups excluding tert-OH is 4. The maximum Gasteiger partial charge on any atom is 0.305 e. The van der Waals surface area contributed by atoms with E-state index in [9.17, 15) is 25.2 Å². The van der Waals surface area contributed by atoms with E-state index in [0.29, 0.717) is 6.61 Å². The van der Waals surface area contributed by atoms with Crippen molar-refractivity contribution in [2.45, 2.75) is 153 Å². The van der Waals surface area contributed by atoms with E-state index in [1.165, 1.54) is 83.5 Å². The molecule has 6 atom stereocenters. The molecular formula is C31H58O9. The lowest BCUT2D eigenvalue weighted by Gasteiger charge is -2.39. The number of hydrogen-bond acceptors (Lipinski definition) is 9. The van der Waals surface area contributed by atoms with Crippen LogP contribution in [-0.2, 0) is 23.7 Å². The van der Waals surface area contributed by atoms with Gasteiger partial charge in [0.2, 0.25) is 0 Å². The number of esters is 1. The van der Waals surface area contributed by atoms with Crippen molar-refractivity contribution in [3.05, 3.63) is 12.2 Å². The van der Waals surface area contributed by atoms with Crippen LogP contribution in [0.15, 0.2) is 12.2 Å². The highest BCUT2D eigenvalue weighted by molar-refractivity contribution is 5.69. The molecular weight excluding hydrogens is 516 g/mol. The van der Waals surface area contributed by atoms with E-state index in [-0.39, 0.29) is 19.6 Å². The minimum Gasteiger partial charge on any atom is -0.457 e. The molecule has 0 amide bonds. The van der Waals surface area contributed by atoms with Crippen LogP contribution in [0.4, 0.5) is 0 Å². The van der Waals surface area contributed by atoms with Gasteiger partial charge in [-0.25, -0.2) is 0 Å². The zero-order valence-corrected chi connectivity index (χ0v) is 25.1. The Morgan fingerprint density at radius 1 is 0.775 bits per heavy atom. The highest BCUT2D eigenvalue weighted by atomic mass is 16.7. The molecule has 1 aliphatic heterocycles. The minimum absolute atomic E-state index is 0.123. The molecule has 40 heavy (non-hydrogen) atoms. The molecule has 9 nitrogen and oxygen atoms in total. The highest BCUT2D eigenvalue weighted by Gasteiger charge is 2.44. The number of unbranched alkanes of at least 4 members (excludes halogenated alkanes) is 13. The zero-order chi connectivity index (χ0) is 29.4. The zero-order valence-electron chi connectivity index (χ0n) is 25.1. The summed E-state index contributed by atoms with van der Waals surface area (Å²) in [5.74, 6) is -0.404. The van der Waals surface area contributed by atoms with Crippen LogP contribution in [0.1, 0.15) is 117 Å². The molecule has 0 saturated carbocycles. The quantitative estimate of drug-likeness (QED) is 0.0702. The third-order valence-electron chi connectivity index (χ3n) is 7.24. The van der Waals surface area contributed by atoms with Crippen molar-refractivity contribution in [2.75, 3.05) is 26.4 Å². The summed E-state index contributed by atoms with van der Waals surface area (Å²) in [6, 6.07) is 0. The van der Waals surface area contributed by atoms with Crippen LogP contribution in [0.25, 0.3) is 0 Å². The lowest BCUT2D eigenvalue weighted by atomic mass is 9.99. The van der Waals surface area contributed by atoms with Gasteiger partial charge in [-0.05, 0) is 32.1 Å². The van der Waals surface area contributed by atoms with Gasteiger partial charge in [-0.3, -0.25) is 4.79 Å². The van der Waals surface area contributed by atoms with Gasteiger partial charge in [0.25, 0.3) is 0 Å². The Labute approximate surface area is 242 Å². The minimum atomic E-state index is -1.53. The third-order valence-corrected chi connectivity index (χ3v) is 7.24. The van der Waals surface area contributed by atoms with Crippen LogP contribution in [0, 0.1) is 0 Å². The second-order valence-corrected chi connectivity index (χ2v) is 10.9. The van der Waals surface area contributed by atoms with Crippen LogP contribution < -0.4 is 0 Å². The van der Waals surface area contributed by atoms with Crippen LogP contribution in [0.3, 0.4) is 0 Å². The van der Waals surface area contributed by atoms with Crippen molar-refractivity contribution in [1.29, 1.82) is 0 Å². The molecule has 0 spiro atoms. The van der Waals surface area contributed by atoms with E-state index < -0.39 is 49.4 Å². The van der Waals surface area contributed by atoms with Crippen molar-refractivity contribution in [3.8, 4) is 0 Å². The van der Waals surface area contributed by atoms with Gasteiger partial charge in [-0.15, -0.1) is 0 Å². The SMILES string of the molecule is CCCCCCCCC/C=C\CCCCCCCCOCC(COC1OC(CO)C(O)C(O)C1O)OC(=O)CC. The first-order valence-corrected chi connectivity index (χ1v) is 15.8. The van der Waals surface area contributed by atoms with E-state index >= 15 is 0 Å². The standard InChI is InChI=1S/C31H58O9/c1-3-5-6-7-8-9-10-11-12-13-14-15-16-17-18-19-20-21-37-23-25(39-27(33)4-2)24-38-31-30(36)29(35)28(34)26(22-32)40-31/h12-13,25-26,28-32,34-36H,3-11,14-24H2,1-2H3/b13-12-. The summed E-state index contributed by atoms with van der Waals surface area (Å²) in [7, 11) is 0. The molecule has 0 aromatic carbocycles. The summed E-state index contributed by atoms with van der Waals surface area (Å²) < 4.78 is 22.0. The molecule has 0 bridgehead atoms. The fourth-order valence-corrected chi connectivity index (χ4v) is 4.64. The van der Waals surface area contributed by atoms with Gasteiger partial charge in [0.15, 0.2) is 6.29 Å². The Morgan fingerprint density at radius 3 is 1.93 bits per heavy atom. The number of carbonyl (C=O) groups is 1. The Morgan fingerprint density at radius 2 is 1.35 bits per heavy atom. The molecule has 0 aromatic rings. The first-order valence-electron chi connectivity index (χ1n) is 15.8. The monoisotopic (exact) mass is 574 g/mol. The van der Waals surface area contributed by atoms with E-state index in [2.05, 4.69) is 19.1 Å². The number of carbonyl (C=O) groups excluding carboxylic acids is 1. The van der Waals surface area contributed by atoms with Gasteiger partial charge in [-0.2, -0.15) is 0 Å². The average Bonchev–Trinajstić information content (AvgIpc) is 2.96. The number of ether oxygens (including phenoxy) is 4. The van der Waals surface area contributed by atoms with E-state index in [1.54, 1.807) is 6.92 Å². The lowest BCUT2D eigenvalue weighted by Crippen LogP contribution is -2.59. The molecule has 1 saturated heterocycles. The predicted octanol–water partition coefficient (Wildman–Crippen LogP) is 4.57. The normalized spacial score (nSPS) is 24.0. The van der Waals surface area contributed by atoms with Crippen molar-refractivity contribution in [1.82, 2.24) is 0 Å². The van der Waals surface area contributed by atoms with E-state index in [1.807, 2.05) is 0 Å². The third kappa shape index (κ3) is 17.0. The van der Waals surface area contributed by atoms with Gasteiger partial charge >= 0.3 is 5.97 Å². The molecule has 0 aromatic heterocycles. The van der Waals surface area contributed by atoms with Crippen molar-refractivity contribution in [2.24, 2.45) is 0 Å².